The Bertz CT molecular complexity index is 584. The van der Waals surface area contributed by atoms with Crippen molar-refractivity contribution < 1.29 is 10.0 Å². The number of hydrogen-bond acceptors (Lipinski definition) is 6. The molecule has 0 radical (unpaired) electrons. The van der Waals surface area contributed by atoms with E-state index in [-0.39, 0.29) is 0 Å². The monoisotopic (exact) mass is 345 g/mol. The summed E-state index contributed by atoms with van der Waals surface area (Å²) in [5, 5.41) is 11.9. The van der Waals surface area contributed by atoms with Gasteiger partial charge in [-0.2, -0.15) is 0 Å². The number of amides is 1. The number of carbonyl (C=O) groups is 1. The third kappa shape index (κ3) is 5.51. The number of likely N-dealkylation sites (tertiary alicyclic amines) is 1. The molecule has 2 fully saturated rings. The van der Waals surface area contributed by atoms with Gasteiger partial charge < -0.3 is 10.2 Å². The first-order valence-electron chi connectivity index (χ1n) is 9.16. The van der Waals surface area contributed by atoms with Crippen molar-refractivity contribution in [1.29, 1.82) is 0 Å². The van der Waals surface area contributed by atoms with E-state index < -0.39 is 5.91 Å². The first kappa shape index (κ1) is 17.8. The van der Waals surface area contributed by atoms with Crippen LogP contribution in [-0.2, 0) is 4.79 Å². The van der Waals surface area contributed by atoms with Crippen LogP contribution < -0.4 is 10.8 Å². The number of rotatable bonds is 6. The van der Waals surface area contributed by atoms with E-state index in [0.717, 1.165) is 24.7 Å². The molecule has 1 atom stereocenters. The van der Waals surface area contributed by atoms with Crippen molar-refractivity contribution in [2.45, 2.75) is 44.6 Å². The number of hydroxylamine groups is 1. The molecule has 2 aliphatic rings. The molecule has 3 rings (SSSR count). The average Bonchev–Trinajstić information content (AvgIpc) is 3.14. The number of carbonyl (C=O) groups excluding carboxylic acids is 1. The van der Waals surface area contributed by atoms with Crippen molar-refractivity contribution in [1.82, 2.24) is 20.3 Å². The quantitative estimate of drug-likeness (QED) is 0.415. The lowest BCUT2D eigenvalue weighted by molar-refractivity contribution is -0.124. The fourth-order valence-corrected chi connectivity index (χ4v) is 3.80. The van der Waals surface area contributed by atoms with E-state index in [2.05, 4.69) is 20.2 Å². The summed E-state index contributed by atoms with van der Waals surface area (Å²) >= 11 is 0. The molecule has 1 amide bonds. The highest BCUT2D eigenvalue weighted by molar-refractivity contribution is 5.90. The Balaban J connectivity index is 1.49. The van der Waals surface area contributed by atoms with E-state index in [1.54, 1.807) is 12.4 Å². The normalized spacial score (nSPS) is 22.4. The number of aromatic nitrogens is 2. The molecule has 7 nitrogen and oxygen atoms in total. The number of nitrogens with zero attached hydrogens (tertiary/aromatic N) is 3. The SMILES string of the molecule is O=C(C=Cc1cnc(N[C@@H]2CCCN(CC3CCCC3)C2)cn1)NO. The molecule has 7 heteroatoms. The van der Waals surface area contributed by atoms with E-state index in [1.807, 2.05) is 0 Å². The number of hydrogen-bond donors (Lipinski definition) is 3. The van der Waals surface area contributed by atoms with Crippen LogP contribution in [0.25, 0.3) is 6.08 Å². The van der Waals surface area contributed by atoms with Gasteiger partial charge in [-0.3, -0.25) is 15.0 Å². The lowest BCUT2D eigenvalue weighted by Gasteiger charge is -2.34. The third-order valence-corrected chi connectivity index (χ3v) is 5.04. The summed E-state index contributed by atoms with van der Waals surface area (Å²) < 4.78 is 0. The molecule has 0 unspecified atom stereocenters. The summed E-state index contributed by atoms with van der Waals surface area (Å²) in [6.45, 7) is 3.51. The molecule has 3 N–H and O–H groups in total. The van der Waals surface area contributed by atoms with Crippen molar-refractivity contribution in [2.75, 3.05) is 25.0 Å². The summed E-state index contributed by atoms with van der Waals surface area (Å²) in [7, 11) is 0. The van der Waals surface area contributed by atoms with Gasteiger partial charge >= 0.3 is 0 Å². The smallest absolute Gasteiger partial charge is 0.267 e. The van der Waals surface area contributed by atoms with E-state index in [4.69, 9.17) is 5.21 Å². The second kappa shape index (κ2) is 8.92. The molecule has 1 aliphatic heterocycles. The molecular formula is C18H27N5O2. The molecule has 1 aromatic heterocycles. The van der Waals surface area contributed by atoms with Gasteiger partial charge in [0.25, 0.3) is 5.91 Å². The van der Waals surface area contributed by atoms with Gasteiger partial charge in [0, 0.05) is 25.2 Å². The number of anilines is 1. The first-order valence-corrected chi connectivity index (χ1v) is 9.16. The van der Waals surface area contributed by atoms with Crippen molar-refractivity contribution >= 4 is 17.8 Å². The minimum absolute atomic E-state index is 0.408. The van der Waals surface area contributed by atoms with Crippen LogP contribution in [-0.4, -0.2) is 51.7 Å². The summed E-state index contributed by atoms with van der Waals surface area (Å²) in [6.07, 6.45) is 14.0. The molecule has 1 aliphatic carbocycles. The Hall–Kier alpha value is -1.99. The maximum absolute atomic E-state index is 11.0. The van der Waals surface area contributed by atoms with E-state index >= 15 is 0 Å². The predicted molar refractivity (Wildman–Crippen MR) is 96.0 cm³/mol. The van der Waals surface area contributed by atoms with Gasteiger partial charge in [-0.05, 0) is 44.2 Å². The molecule has 0 spiro atoms. The molecule has 1 aromatic rings. The molecule has 2 heterocycles. The van der Waals surface area contributed by atoms with E-state index in [1.165, 1.54) is 62.8 Å². The fraction of sp³-hybridized carbons (Fsp3) is 0.611. The lowest BCUT2D eigenvalue weighted by Crippen LogP contribution is -2.43. The second-order valence-corrected chi connectivity index (χ2v) is 7.03. The lowest BCUT2D eigenvalue weighted by atomic mass is 10.0. The van der Waals surface area contributed by atoms with Gasteiger partial charge in [-0.15, -0.1) is 0 Å². The average molecular weight is 345 g/mol. The van der Waals surface area contributed by atoms with Crippen LogP contribution in [0.4, 0.5) is 5.82 Å². The largest absolute Gasteiger partial charge is 0.365 e. The van der Waals surface area contributed by atoms with Gasteiger partial charge in [-0.25, -0.2) is 10.5 Å². The van der Waals surface area contributed by atoms with Crippen LogP contribution in [0.15, 0.2) is 18.5 Å². The highest BCUT2D eigenvalue weighted by Crippen LogP contribution is 2.26. The Kier molecular flexibility index (Phi) is 6.36. The van der Waals surface area contributed by atoms with E-state index in [9.17, 15) is 4.79 Å². The van der Waals surface area contributed by atoms with Crippen LogP contribution >= 0.6 is 0 Å². The number of nitrogens with one attached hydrogen (secondary N) is 2. The Morgan fingerprint density at radius 1 is 1.24 bits per heavy atom. The van der Waals surface area contributed by atoms with Crippen LogP contribution in [0.1, 0.15) is 44.2 Å². The minimum atomic E-state index is -0.589. The molecular weight excluding hydrogens is 318 g/mol. The Labute approximate surface area is 148 Å². The highest BCUT2D eigenvalue weighted by Gasteiger charge is 2.24. The van der Waals surface area contributed by atoms with Crippen LogP contribution in [0.3, 0.4) is 0 Å². The maximum atomic E-state index is 11.0. The predicted octanol–water partition coefficient (Wildman–Crippen LogP) is 2.06. The van der Waals surface area contributed by atoms with Crippen molar-refractivity contribution in [3.8, 4) is 0 Å². The molecule has 1 saturated carbocycles. The zero-order chi connectivity index (χ0) is 17.5. The molecule has 0 bridgehead atoms. The molecule has 1 saturated heterocycles. The van der Waals surface area contributed by atoms with Crippen molar-refractivity contribution in [2.24, 2.45) is 5.92 Å². The summed E-state index contributed by atoms with van der Waals surface area (Å²) in [5.74, 6) is 1.06. The standard InChI is InChI=1S/C18H27N5O2/c24-18(22-25)8-7-15-10-20-17(11-19-15)21-16-6-3-9-23(13-16)12-14-4-1-2-5-14/h7-8,10-11,14,16,25H,1-6,9,12-13H2,(H,20,21)(H,22,24)/t16-/m1/s1. The van der Waals surface area contributed by atoms with Gasteiger partial charge in [0.1, 0.15) is 5.82 Å². The van der Waals surface area contributed by atoms with Crippen molar-refractivity contribution in [3.05, 3.63) is 24.2 Å². The second-order valence-electron chi connectivity index (χ2n) is 7.03. The molecule has 136 valence electrons. The molecule has 25 heavy (non-hydrogen) atoms. The topological polar surface area (TPSA) is 90.4 Å². The fourth-order valence-electron chi connectivity index (χ4n) is 3.80. The van der Waals surface area contributed by atoms with Crippen LogP contribution in [0.5, 0.6) is 0 Å². The van der Waals surface area contributed by atoms with Gasteiger partial charge in [0.05, 0.1) is 18.1 Å². The Morgan fingerprint density at radius 3 is 2.80 bits per heavy atom. The summed E-state index contributed by atoms with van der Waals surface area (Å²) in [6, 6.07) is 0.408. The zero-order valence-electron chi connectivity index (χ0n) is 14.5. The number of piperidine rings is 1. The highest BCUT2D eigenvalue weighted by atomic mass is 16.5. The van der Waals surface area contributed by atoms with Crippen LogP contribution in [0, 0.1) is 5.92 Å². The molecule has 0 aromatic carbocycles. The van der Waals surface area contributed by atoms with E-state index in [0.29, 0.717) is 11.7 Å². The maximum Gasteiger partial charge on any atom is 0.267 e. The van der Waals surface area contributed by atoms with Crippen molar-refractivity contribution in [3.63, 3.8) is 0 Å². The Morgan fingerprint density at radius 2 is 2.08 bits per heavy atom. The summed E-state index contributed by atoms with van der Waals surface area (Å²) in [4.78, 5) is 22.2. The van der Waals surface area contributed by atoms with Gasteiger partial charge in [0.2, 0.25) is 0 Å². The first-order chi connectivity index (χ1) is 12.2. The third-order valence-electron chi connectivity index (χ3n) is 5.04. The van der Waals surface area contributed by atoms with Gasteiger partial charge in [0.15, 0.2) is 0 Å². The zero-order valence-corrected chi connectivity index (χ0v) is 14.5. The van der Waals surface area contributed by atoms with Crippen LogP contribution in [0.2, 0.25) is 0 Å². The van der Waals surface area contributed by atoms with Gasteiger partial charge in [-0.1, -0.05) is 12.8 Å². The summed E-state index contributed by atoms with van der Waals surface area (Å²) in [5.41, 5.74) is 2.11. The minimum Gasteiger partial charge on any atom is -0.365 e.